The third-order valence-corrected chi connectivity index (χ3v) is 1.57. The van der Waals surface area contributed by atoms with Gasteiger partial charge in [0.25, 0.3) is 0 Å². The van der Waals surface area contributed by atoms with Crippen LogP contribution in [0.15, 0.2) is 18.7 Å². The third-order valence-electron chi connectivity index (χ3n) is 1.57. The van der Waals surface area contributed by atoms with E-state index in [2.05, 4.69) is 11.9 Å². The number of nitrogens with zero attached hydrogens (tertiary/aromatic N) is 1. The summed E-state index contributed by atoms with van der Waals surface area (Å²) in [6, 6.07) is 0.279. The fourth-order valence-electron chi connectivity index (χ4n) is 0.834. The maximum atomic E-state index is 5.73. The first-order valence-electron chi connectivity index (χ1n) is 3.60. The van der Waals surface area contributed by atoms with Crippen molar-refractivity contribution in [2.45, 2.75) is 25.9 Å². The molecular weight excluding hydrogens is 162 g/mol. The minimum atomic E-state index is 0. The Balaban J connectivity index is 0.000001000. The second kappa shape index (κ2) is 5.16. The largest absolute Gasteiger partial charge is 1.00 e. The number of halogens is 1. The van der Waals surface area contributed by atoms with E-state index in [4.69, 9.17) is 5.73 Å². The molecule has 0 aliphatic heterocycles. The molecule has 0 aliphatic rings. The highest BCUT2D eigenvalue weighted by Gasteiger charge is 2.02. The molecule has 1 aromatic heterocycles. The van der Waals surface area contributed by atoms with Crippen molar-refractivity contribution in [1.29, 1.82) is 0 Å². The SMILES string of the molecule is CCC(N)C[n+]1cc[nH]c1.[Cl-]. The van der Waals surface area contributed by atoms with E-state index in [0.717, 1.165) is 13.0 Å². The average Bonchev–Trinajstić information content (AvgIpc) is 2.40. The average molecular weight is 176 g/mol. The fraction of sp³-hybridized carbons (Fsp3) is 0.571. The second-order valence-electron chi connectivity index (χ2n) is 2.48. The van der Waals surface area contributed by atoms with Crippen LogP contribution in [0.2, 0.25) is 0 Å². The standard InChI is InChI=1S/C7H13N3.ClH/c1-2-7(8)5-10-4-3-9-6-10;/h3-4,6-7H,2,5,8H2,1H3;1H. The molecule has 1 rings (SSSR count). The van der Waals surface area contributed by atoms with Crippen molar-refractivity contribution in [3.63, 3.8) is 0 Å². The van der Waals surface area contributed by atoms with Crippen LogP contribution in [0.1, 0.15) is 13.3 Å². The number of nitrogens with one attached hydrogen (secondary N) is 1. The Bertz CT molecular complexity index is 174. The summed E-state index contributed by atoms with van der Waals surface area (Å²) in [5.41, 5.74) is 5.73. The monoisotopic (exact) mass is 175 g/mol. The van der Waals surface area contributed by atoms with Crippen LogP contribution in [-0.2, 0) is 6.54 Å². The van der Waals surface area contributed by atoms with Gasteiger partial charge in [-0.05, 0) is 6.42 Å². The molecule has 0 aromatic carbocycles. The van der Waals surface area contributed by atoms with E-state index >= 15 is 0 Å². The van der Waals surface area contributed by atoms with Gasteiger partial charge in [-0.3, -0.25) is 4.98 Å². The quantitative estimate of drug-likeness (QED) is 0.474. The molecule has 4 heteroatoms. The molecule has 0 radical (unpaired) electrons. The van der Waals surface area contributed by atoms with E-state index in [9.17, 15) is 0 Å². The molecule has 0 saturated carbocycles. The van der Waals surface area contributed by atoms with Crippen LogP contribution in [0.25, 0.3) is 0 Å². The molecule has 1 atom stereocenters. The highest BCUT2D eigenvalue weighted by Crippen LogP contribution is 1.84. The van der Waals surface area contributed by atoms with Crippen LogP contribution in [0.3, 0.4) is 0 Å². The molecule has 0 spiro atoms. The normalized spacial score (nSPS) is 12.2. The molecule has 3 N–H and O–H groups in total. The predicted octanol–water partition coefficient (Wildman–Crippen LogP) is -2.96. The Morgan fingerprint density at radius 3 is 2.82 bits per heavy atom. The Labute approximate surface area is 73.0 Å². The maximum Gasteiger partial charge on any atom is 0.241 e. The summed E-state index contributed by atoms with van der Waals surface area (Å²) in [5, 5.41) is 0. The van der Waals surface area contributed by atoms with E-state index in [1.54, 1.807) is 0 Å². The van der Waals surface area contributed by atoms with Gasteiger partial charge in [0, 0.05) is 6.04 Å². The summed E-state index contributed by atoms with van der Waals surface area (Å²) in [4.78, 5) is 2.97. The van der Waals surface area contributed by atoms with Crippen LogP contribution >= 0.6 is 0 Å². The number of rotatable bonds is 3. The van der Waals surface area contributed by atoms with Crippen LogP contribution < -0.4 is 22.7 Å². The van der Waals surface area contributed by atoms with E-state index in [1.807, 2.05) is 23.3 Å². The van der Waals surface area contributed by atoms with Crippen LogP contribution in [0, 0.1) is 0 Å². The second-order valence-corrected chi connectivity index (χ2v) is 2.48. The lowest BCUT2D eigenvalue weighted by molar-refractivity contribution is -0.697. The first kappa shape index (κ1) is 10.5. The minimum absolute atomic E-state index is 0. The number of H-pyrrole nitrogens is 1. The zero-order valence-electron chi connectivity index (χ0n) is 6.63. The van der Waals surface area contributed by atoms with Gasteiger partial charge in [0.1, 0.15) is 18.9 Å². The predicted molar refractivity (Wildman–Crippen MR) is 39.3 cm³/mol. The fourth-order valence-corrected chi connectivity index (χ4v) is 0.834. The Kier molecular flexibility index (Phi) is 4.90. The topological polar surface area (TPSA) is 45.7 Å². The Morgan fingerprint density at radius 2 is 2.36 bits per heavy atom. The molecule has 11 heavy (non-hydrogen) atoms. The lowest BCUT2D eigenvalue weighted by atomic mass is 10.2. The van der Waals surface area contributed by atoms with E-state index < -0.39 is 0 Å². The number of nitrogens with two attached hydrogens (primary N) is 1. The molecule has 0 fully saturated rings. The Morgan fingerprint density at radius 1 is 1.64 bits per heavy atom. The highest BCUT2D eigenvalue weighted by molar-refractivity contribution is 4.57. The smallest absolute Gasteiger partial charge is 0.241 e. The molecule has 0 bridgehead atoms. The summed E-state index contributed by atoms with van der Waals surface area (Å²) < 4.78 is 2.05. The van der Waals surface area contributed by atoms with Crippen molar-refractivity contribution in [2.24, 2.45) is 5.73 Å². The molecule has 64 valence electrons. The summed E-state index contributed by atoms with van der Waals surface area (Å²) in [6.07, 6.45) is 6.81. The van der Waals surface area contributed by atoms with Gasteiger partial charge in [-0.15, -0.1) is 0 Å². The molecule has 1 unspecified atom stereocenters. The number of imidazole rings is 1. The van der Waals surface area contributed by atoms with Crippen LogP contribution in [0.4, 0.5) is 0 Å². The first-order valence-corrected chi connectivity index (χ1v) is 3.60. The van der Waals surface area contributed by atoms with E-state index in [-0.39, 0.29) is 18.4 Å². The van der Waals surface area contributed by atoms with E-state index in [0.29, 0.717) is 0 Å². The molecule has 1 heterocycles. The molecular formula is C7H14ClN3. The first-order chi connectivity index (χ1) is 4.83. The van der Waals surface area contributed by atoms with Crippen molar-refractivity contribution >= 4 is 0 Å². The van der Waals surface area contributed by atoms with Crippen molar-refractivity contribution in [2.75, 3.05) is 0 Å². The van der Waals surface area contributed by atoms with Gasteiger partial charge in [-0.1, -0.05) is 6.92 Å². The molecule has 3 nitrogen and oxygen atoms in total. The lowest BCUT2D eigenvalue weighted by Crippen LogP contribution is -3.00. The zero-order chi connectivity index (χ0) is 7.40. The Hall–Kier alpha value is -0.540. The van der Waals surface area contributed by atoms with Crippen LogP contribution in [0.5, 0.6) is 0 Å². The van der Waals surface area contributed by atoms with Crippen molar-refractivity contribution in [3.8, 4) is 0 Å². The minimum Gasteiger partial charge on any atom is -1.00 e. The maximum absolute atomic E-state index is 5.73. The molecule has 0 amide bonds. The molecule has 0 saturated heterocycles. The number of aromatic nitrogens is 2. The summed E-state index contributed by atoms with van der Waals surface area (Å²) in [6.45, 7) is 3.00. The van der Waals surface area contributed by atoms with Crippen LogP contribution in [-0.4, -0.2) is 11.0 Å². The number of hydrogen-bond donors (Lipinski definition) is 2. The van der Waals surface area contributed by atoms with Crippen molar-refractivity contribution in [3.05, 3.63) is 18.7 Å². The summed E-state index contributed by atoms with van der Waals surface area (Å²) in [7, 11) is 0. The van der Waals surface area contributed by atoms with Gasteiger partial charge in [-0.2, -0.15) is 0 Å². The molecule has 0 aliphatic carbocycles. The van der Waals surface area contributed by atoms with Gasteiger partial charge >= 0.3 is 0 Å². The van der Waals surface area contributed by atoms with Crippen molar-refractivity contribution in [1.82, 2.24) is 4.98 Å². The number of hydrogen-bond acceptors (Lipinski definition) is 1. The summed E-state index contributed by atoms with van der Waals surface area (Å²) in [5.74, 6) is 0. The molecule has 1 aromatic rings. The third kappa shape index (κ3) is 3.39. The number of aromatic amines is 1. The summed E-state index contributed by atoms with van der Waals surface area (Å²) >= 11 is 0. The van der Waals surface area contributed by atoms with Crippen molar-refractivity contribution < 1.29 is 17.0 Å². The van der Waals surface area contributed by atoms with Gasteiger partial charge in [0.05, 0.1) is 0 Å². The van der Waals surface area contributed by atoms with E-state index in [1.165, 1.54) is 0 Å². The van der Waals surface area contributed by atoms with Gasteiger partial charge in [0.15, 0.2) is 0 Å². The zero-order valence-corrected chi connectivity index (χ0v) is 7.38. The van der Waals surface area contributed by atoms with Gasteiger partial charge < -0.3 is 18.1 Å². The van der Waals surface area contributed by atoms with Gasteiger partial charge in [0.2, 0.25) is 6.33 Å². The van der Waals surface area contributed by atoms with Gasteiger partial charge in [-0.25, -0.2) is 4.57 Å². The lowest BCUT2D eigenvalue weighted by Gasteiger charge is -2.03. The highest BCUT2D eigenvalue weighted by atomic mass is 35.5.